The minimum atomic E-state index is 0.668. The first-order valence-electron chi connectivity index (χ1n) is 5.46. The molecule has 0 bridgehead atoms. The molecule has 0 atom stereocenters. The van der Waals surface area contributed by atoms with E-state index in [2.05, 4.69) is 19.2 Å². The quantitative estimate of drug-likeness (QED) is 0.678. The molecule has 2 saturated carbocycles. The van der Waals surface area contributed by atoms with Crippen LogP contribution in [0.4, 0.5) is 0 Å². The van der Waals surface area contributed by atoms with Gasteiger partial charge in [-0.2, -0.15) is 0 Å². The molecule has 0 heterocycles. The van der Waals surface area contributed by atoms with Crippen LogP contribution in [0.2, 0.25) is 0 Å². The van der Waals surface area contributed by atoms with Gasteiger partial charge in [-0.15, -0.1) is 0 Å². The standard InChI is InChI=1S/C11H21N/c1-9(2)12-8-11(6-3-7-11)10-4-5-10/h9-10,12H,3-8H2,1-2H3. The number of rotatable bonds is 4. The van der Waals surface area contributed by atoms with Gasteiger partial charge >= 0.3 is 0 Å². The summed E-state index contributed by atoms with van der Waals surface area (Å²) in [5.41, 5.74) is 0.754. The van der Waals surface area contributed by atoms with E-state index >= 15 is 0 Å². The molecule has 0 aliphatic heterocycles. The molecule has 1 N–H and O–H groups in total. The second-order valence-corrected chi connectivity index (χ2v) is 5.03. The van der Waals surface area contributed by atoms with Gasteiger partial charge in [0.15, 0.2) is 0 Å². The lowest BCUT2D eigenvalue weighted by molar-refractivity contribution is 0.0962. The van der Waals surface area contributed by atoms with Crippen LogP contribution in [0, 0.1) is 11.3 Å². The van der Waals surface area contributed by atoms with Crippen LogP contribution in [0.25, 0.3) is 0 Å². The molecule has 2 aliphatic rings. The van der Waals surface area contributed by atoms with Crippen molar-refractivity contribution in [3.63, 3.8) is 0 Å². The Kier molecular flexibility index (Phi) is 2.16. The Balaban J connectivity index is 1.81. The summed E-state index contributed by atoms with van der Waals surface area (Å²) >= 11 is 0. The summed E-state index contributed by atoms with van der Waals surface area (Å²) in [6.07, 6.45) is 7.50. The van der Waals surface area contributed by atoms with E-state index in [9.17, 15) is 0 Å². The van der Waals surface area contributed by atoms with Gasteiger partial charge in [-0.3, -0.25) is 0 Å². The highest BCUT2D eigenvalue weighted by Gasteiger charge is 2.48. The summed E-state index contributed by atoms with van der Waals surface area (Å²) in [5, 5.41) is 3.61. The fraction of sp³-hybridized carbons (Fsp3) is 1.00. The fourth-order valence-corrected chi connectivity index (χ4v) is 2.46. The largest absolute Gasteiger partial charge is 0.314 e. The Bertz CT molecular complexity index is 154. The highest BCUT2D eigenvalue weighted by atomic mass is 14.9. The van der Waals surface area contributed by atoms with Crippen LogP contribution in [0.15, 0.2) is 0 Å². The topological polar surface area (TPSA) is 12.0 Å². The molecule has 0 aromatic rings. The lowest BCUT2D eigenvalue weighted by Gasteiger charge is -2.43. The smallest absolute Gasteiger partial charge is 0.00128 e. The van der Waals surface area contributed by atoms with Crippen LogP contribution in [-0.2, 0) is 0 Å². The Morgan fingerprint density at radius 2 is 2.00 bits per heavy atom. The monoisotopic (exact) mass is 167 g/mol. The molecule has 0 aromatic heterocycles. The molecule has 0 aromatic carbocycles. The van der Waals surface area contributed by atoms with Crippen LogP contribution in [-0.4, -0.2) is 12.6 Å². The van der Waals surface area contributed by atoms with Gasteiger partial charge in [0.2, 0.25) is 0 Å². The van der Waals surface area contributed by atoms with Gasteiger partial charge in [0.25, 0.3) is 0 Å². The fourth-order valence-electron chi connectivity index (χ4n) is 2.46. The average Bonchev–Trinajstić information content (AvgIpc) is 2.67. The number of hydrogen-bond donors (Lipinski definition) is 1. The van der Waals surface area contributed by atoms with Crippen molar-refractivity contribution in [2.75, 3.05) is 6.54 Å². The maximum Gasteiger partial charge on any atom is 0.00128 e. The second kappa shape index (κ2) is 3.02. The van der Waals surface area contributed by atoms with Crippen LogP contribution in [0.1, 0.15) is 46.0 Å². The summed E-state index contributed by atoms with van der Waals surface area (Å²) in [7, 11) is 0. The second-order valence-electron chi connectivity index (χ2n) is 5.03. The minimum Gasteiger partial charge on any atom is -0.314 e. The van der Waals surface area contributed by atoms with Crippen LogP contribution in [0.3, 0.4) is 0 Å². The van der Waals surface area contributed by atoms with Gasteiger partial charge in [-0.05, 0) is 37.0 Å². The lowest BCUT2D eigenvalue weighted by atomic mass is 9.65. The summed E-state index contributed by atoms with van der Waals surface area (Å²) in [6.45, 7) is 5.79. The van der Waals surface area contributed by atoms with Crippen molar-refractivity contribution in [2.45, 2.75) is 52.0 Å². The zero-order valence-corrected chi connectivity index (χ0v) is 8.40. The Labute approximate surface area is 75.9 Å². The average molecular weight is 167 g/mol. The molecule has 12 heavy (non-hydrogen) atoms. The molecule has 1 heteroatoms. The maximum absolute atomic E-state index is 3.61. The first kappa shape index (κ1) is 8.55. The third kappa shape index (κ3) is 1.52. The summed E-state index contributed by atoms with van der Waals surface area (Å²) in [4.78, 5) is 0. The SMILES string of the molecule is CC(C)NCC1(C2CC2)CCC1. The summed E-state index contributed by atoms with van der Waals surface area (Å²) < 4.78 is 0. The third-order valence-electron chi connectivity index (χ3n) is 3.66. The van der Waals surface area contributed by atoms with E-state index in [0.29, 0.717) is 6.04 Å². The number of hydrogen-bond acceptors (Lipinski definition) is 1. The van der Waals surface area contributed by atoms with Crippen molar-refractivity contribution in [1.29, 1.82) is 0 Å². The number of nitrogens with one attached hydrogen (secondary N) is 1. The van der Waals surface area contributed by atoms with Crippen molar-refractivity contribution >= 4 is 0 Å². The van der Waals surface area contributed by atoms with E-state index in [-0.39, 0.29) is 0 Å². The van der Waals surface area contributed by atoms with E-state index in [1.165, 1.54) is 38.6 Å². The van der Waals surface area contributed by atoms with Gasteiger partial charge in [-0.25, -0.2) is 0 Å². The minimum absolute atomic E-state index is 0.668. The zero-order chi connectivity index (χ0) is 8.60. The van der Waals surface area contributed by atoms with Crippen molar-refractivity contribution in [3.8, 4) is 0 Å². The maximum atomic E-state index is 3.61. The summed E-state index contributed by atoms with van der Waals surface area (Å²) in [5.74, 6) is 1.09. The summed E-state index contributed by atoms with van der Waals surface area (Å²) in [6, 6.07) is 0.668. The molecular weight excluding hydrogens is 146 g/mol. The van der Waals surface area contributed by atoms with E-state index in [1.54, 1.807) is 0 Å². The zero-order valence-electron chi connectivity index (χ0n) is 8.40. The first-order chi connectivity index (χ1) is 5.73. The van der Waals surface area contributed by atoms with Crippen LogP contribution in [0.5, 0.6) is 0 Å². The van der Waals surface area contributed by atoms with Crippen molar-refractivity contribution in [3.05, 3.63) is 0 Å². The van der Waals surface area contributed by atoms with E-state index in [4.69, 9.17) is 0 Å². The van der Waals surface area contributed by atoms with E-state index in [1.807, 2.05) is 0 Å². The van der Waals surface area contributed by atoms with Gasteiger partial charge in [0.05, 0.1) is 0 Å². The van der Waals surface area contributed by atoms with E-state index in [0.717, 1.165) is 11.3 Å². The molecule has 2 fully saturated rings. The van der Waals surface area contributed by atoms with Gasteiger partial charge in [0, 0.05) is 12.6 Å². The lowest BCUT2D eigenvalue weighted by Crippen LogP contribution is -2.43. The van der Waals surface area contributed by atoms with Gasteiger partial charge in [-0.1, -0.05) is 20.3 Å². The highest BCUT2D eigenvalue weighted by Crippen LogP contribution is 2.56. The highest BCUT2D eigenvalue weighted by molar-refractivity contribution is 5.00. The molecule has 0 saturated heterocycles. The van der Waals surface area contributed by atoms with Gasteiger partial charge in [0.1, 0.15) is 0 Å². The van der Waals surface area contributed by atoms with E-state index < -0.39 is 0 Å². The molecule has 70 valence electrons. The Morgan fingerprint density at radius 1 is 1.33 bits per heavy atom. The van der Waals surface area contributed by atoms with Crippen molar-refractivity contribution in [2.24, 2.45) is 11.3 Å². The normalized spacial score (nSPS) is 27.2. The molecule has 2 aliphatic carbocycles. The molecule has 0 spiro atoms. The van der Waals surface area contributed by atoms with Crippen LogP contribution >= 0.6 is 0 Å². The Hall–Kier alpha value is -0.0400. The van der Waals surface area contributed by atoms with Crippen molar-refractivity contribution < 1.29 is 0 Å². The molecule has 2 rings (SSSR count). The van der Waals surface area contributed by atoms with Crippen molar-refractivity contribution in [1.82, 2.24) is 5.32 Å². The predicted octanol–water partition coefficient (Wildman–Crippen LogP) is 2.56. The molecule has 0 radical (unpaired) electrons. The molecular formula is C11H21N. The Morgan fingerprint density at radius 3 is 2.33 bits per heavy atom. The first-order valence-corrected chi connectivity index (χ1v) is 5.46. The third-order valence-corrected chi connectivity index (χ3v) is 3.66. The van der Waals surface area contributed by atoms with Crippen LogP contribution < -0.4 is 5.32 Å². The molecule has 0 amide bonds. The van der Waals surface area contributed by atoms with Gasteiger partial charge < -0.3 is 5.32 Å². The molecule has 0 unspecified atom stereocenters. The molecule has 1 nitrogen and oxygen atoms in total. The predicted molar refractivity (Wildman–Crippen MR) is 52.1 cm³/mol.